The summed E-state index contributed by atoms with van der Waals surface area (Å²) in [6.07, 6.45) is 4.58. The third-order valence-corrected chi connectivity index (χ3v) is 7.12. The van der Waals surface area contributed by atoms with Crippen LogP contribution in [0, 0.1) is 11.8 Å². The fraction of sp³-hybridized carbons (Fsp3) is 0.889. The van der Waals surface area contributed by atoms with E-state index in [1.165, 1.54) is 18.0 Å². The average Bonchev–Trinajstić information content (AvgIpc) is 3.00. The Labute approximate surface area is 164 Å². The van der Waals surface area contributed by atoms with Crippen LogP contribution in [0.15, 0.2) is 4.99 Å². The van der Waals surface area contributed by atoms with Crippen molar-refractivity contribution < 1.29 is 9.53 Å². The third kappa shape index (κ3) is 5.28. The zero-order valence-corrected chi connectivity index (χ0v) is 17.9. The minimum absolute atomic E-state index is 0.152. The summed E-state index contributed by atoms with van der Waals surface area (Å²) in [5.41, 5.74) is -0.407. The molecule has 1 amide bonds. The van der Waals surface area contributed by atoms with Gasteiger partial charge in [0.25, 0.3) is 0 Å². The van der Waals surface area contributed by atoms with Gasteiger partial charge in [-0.05, 0) is 58.3 Å². The number of nitrogens with zero attached hydrogens (tertiary/aromatic N) is 3. The van der Waals surface area contributed by atoms with Crippen LogP contribution in [0.3, 0.4) is 0 Å². The van der Waals surface area contributed by atoms with Crippen molar-refractivity contribution in [1.82, 2.24) is 9.80 Å². The van der Waals surface area contributed by atoms with E-state index >= 15 is 0 Å². The zero-order chi connectivity index (χ0) is 18.0. The Morgan fingerprint density at radius 2 is 1.68 bits per heavy atom. The summed E-state index contributed by atoms with van der Waals surface area (Å²) in [7, 11) is 0. The van der Waals surface area contributed by atoms with Crippen molar-refractivity contribution in [2.45, 2.75) is 56.2 Å². The third-order valence-electron chi connectivity index (χ3n) is 5.27. The van der Waals surface area contributed by atoms with Gasteiger partial charge in [0.1, 0.15) is 5.60 Å². The molecule has 0 aromatic heterocycles. The first-order chi connectivity index (χ1) is 11.8. The lowest BCUT2D eigenvalue weighted by molar-refractivity contribution is 0.0144. The van der Waals surface area contributed by atoms with E-state index in [0.717, 1.165) is 57.4 Å². The van der Waals surface area contributed by atoms with E-state index in [-0.39, 0.29) is 6.09 Å². The quantitative estimate of drug-likeness (QED) is 0.584. The molecule has 25 heavy (non-hydrogen) atoms. The number of amidine groups is 1. The van der Waals surface area contributed by atoms with Gasteiger partial charge in [-0.25, -0.2) is 4.79 Å². The molecular weight excluding hydrogens is 402 g/mol. The molecule has 3 heterocycles. The van der Waals surface area contributed by atoms with E-state index in [1.54, 1.807) is 0 Å². The molecule has 2 fully saturated rings. The molecule has 3 rings (SSSR count). The second-order valence-electron chi connectivity index (χ2n) is 8.28. The molecule has 7 heteroatoms. The van der Waals surface area contributed by atoms with E-state index in [4.69, 9.17) is 4.74 Å². The number of rotatable bonds is 1. The number of carbonyl (C=O) groups is 1. The van der Waals surface area contributed by atoms with Crippen molar-refractivity contribution in [3.63, 3.8) is 0 Å². The second-order valence-corrected chi connectivity index (χ2v) is 11.2. The molecule has 0 radical (unpaired) electrons. The van der Waals surface area contributed by atoms with Gasteiger partial charge >= 0.3 is 6.09 Å². The lowest BCUT2D eigenvalue weighted by Gasteiger charge is -2.40. The lowest BCUT2D eigenvalue weighted by Crippen LogP contribution is -2.44. The first-order valence-corrected chi connectivity index (χ1v) is 11.2. The van der Waals surface area contributed by atoms with E-state index in [1.807, 2.05) is 37.4 Å². The summed E-state index contributed by atoms with van der Waals surface area (Å²) >= 11 is 5.49. The lowest BCUT2D eigenvalue weighted by atomic mass is 9.79. The highest BCUT2D eigenvalue weighted by atomic mass is 79.9. The Balaban J connectivity index is 1.41. The summed E-state index contributed by atoms with van der Waals surface area (Å²) in [5, 5.41) is 1.22. The maximum absolute atomic E-state index is 12.2. The summed E-state index contributed by atoms with van der Waals surface area (Å²) in [6.45, 7) is 10.6. The van der Waals surface area contributed by atoms with Crippen LogP contribution in [0.2, 0.25) is 0 Å². The number of alkyl halides is 1. The smallest absolute Gasteiger partial charge is 0.410 e. The summed E-state index contributed by atoms with van der Waals surface area (Å²) < 4.78 is 5.95. The van der Waals surface area contributed by atoms with Crippen LogP contribution in [0.5, 0.6) is 0 Å². The predicted octanol–water partition coefficient (Wildman–Crippen LogP) is 4.17. The minimum atomic E-state index is -0.407. The van der Waals surface area contributed by atoms with Gasteiger partial charge in [0.05, 0.1) is 10.7 Å². The predicted molar refractivity (Wildman–Crippen MR) is 107 cm³/mol. The van der Waals surface area contributed by atoms with E-state index in [0.29, 0.717) is 4.16 Å². The zero-order valence-electron chi connectivity index (χ0n) is 15.5. The van der Waals surface area contributed by atoms with Crippen LogP contribution in [0.1, 0.15) is 46.5 Å². The number of ether oxygens (including phenoxy) is 1. The number of aliphatic imine (C=N–C) groups is 1. The van der Waals surface area contributed by atoms with Crippen molar-refractivity contribution >= 4 is 39.0 Å². The van der Waals surface area contributed by atoms with Crippen LogP contribution in [0.4, 0.5) is 4.79 Å². The first kappa shape index (κ1) is 19.3. The van der Waals surface area contributed by atoms with Gasteiger partial charge in [-0.15, -0.1) is 0 Å². The van der Waals surface area contributed by atoms with Gasteiger partial charge in [0, 0.05) is 26.2 Å². The van der Waals surface area contributed by atoms with Crippen LogP contribution < -0.4 is 0 Å². The maximum atomic E-state index is 12.2. The van der Waals surface area contributed by atoms with Crippen molar-refractivity contribution in [2.75, 3.05) is 32.7 Å². The van der Waals surface area contributed by atoms with Gasteiger partial charge in [-0.2, -0.15) is 0 Å². The van der Waals surface area contributed by atoms with Crippen molar-refractivity contribution in [1.29, 1.82) is 0 Å². The molecule has 0 saturated carbocycles. The van der Waals surface area contributed by atoms with Crippen LogP contribution in [0.25, 0.3) is 0 Å². The molecule has 2 saturated heterocycles. The van der Waals surface area contributed by atoms with Crippen LogP contribution in [-0.4, -0.2) is 63.5 Å². The van der Waals surface area contributed by atoms with E-state index in [9.17, 15) is 4.79 Å². The molecule has 0 aliphatic carbocycles. The molecule has 0 aromatic carbocycles. The summed E-state index contributed by atoms with van der Waals surface area (Å²) in [5.74, 6) is 1.55. The van der Waals surface area contributed by atoms with Gasteiger partial charge in [0.15, 0.2) is 5.17 Å². The maximum Gasteiger partial charge on any atom is 0.410 e. The fourth-order valence-electron chi connectivity index (χ4n) is 3.96. The van der Waals surface area contributed by atoms with Crippen LogP contribution >= 0.6 is 27.7 Å². The SMILES string of the molecule is CC(C)(C)OC(=O)N1CCC(C2CCN(C3=NCC(Br)S3)CC2)CC1. The molecule has 0 aromatic rings. The van der Waals surface area contributed by atoms with Gasteiger partial charge in [-0.3, -0.25) is 4.99 Å². The van der Waals surface area contributed by atoms with Gasteiger partial charge in [-0.1, -0.05) is 27.7 Å². The number of amides is 1. The summed E-state index contributed by atoms with van der Waals surface area (Å²) in [6, 6.07) is 0. The molecule has 0 N–H and O–H groups in total. The number of thioether (sulfide) groups is 1. The highest BCUT2D eigenvalue weighted by molar-refractivity contribution is 9.11. The number of piperidine rings is 2. The minimum Gasteiger partial charge on any atom is -0.444 e. The number of likely N-dealkylation sites (tertiary alicyclic amines) is 2. The second kappa shape index (κ2) is 8.07. The molecule has 142 valence electrons. The number of hydrogen-bond acceptors (Lipinski definition) is 5. The average molecular weight is 432 g/mol. The monoisotopic (exact) mass is 431 g/mol. The van der Waals surface area contributed by atoms with Crippen LogP contribution in [-0.2, 0) is 4.74 Å². The normalized spacial score (nSPS) is 26.7. The number of hydrogen-bond donors (Lipinski definition) is 0. The molecule has 3 aliphatic heterocycles. The van der Waals surface area contributed by atoms with Gasteiger partial charge < -0.3 is 14.5 Å². The van der Waals surface area contributed by atoms with Crippen molar-refractivity contribution in [2.24, 2.45) is 16.8 Å². The van der Waals surface area contributed by atoms with E-state index in [2.05, 4.69) is 25.8 Å². The molecular formula is C18H30BrN3O2S. The number of carbonyl (C=O) groups excluding carboxylic acids is 1. The topological polar surface area (TPSA) is 45.1 Å². The Morgan fingerprint density at radius 1 is 1.12 bits per heavy atom. The molecule has 0 spiro atoms. The number of halogens is 1. The molecule has 1 unspecified atom stereocenters. The molecule has 3 aliphatic rings. The Morgan fingerprint density at radius 3 is 2.16 bits per heavy atom. The van der Waals surface area contributed by atoms with Crippen molar-refractivity contribution in [3.05, 3.63) is 0 Å². The Bertz CT molecular complexity index is 507. The van der Waals surface area contributed by atoms with E-state index < -0.39 is 5.60 Å². The molecule has 0 bridgehead atoms. The Kier molecular flexibility index (Phi) is 6.24. The highest BCUT2D eigenvalue weighted by Crippen LogP contribution is 2.35. The Hall–Kier alpha value is -0.430. The first-order valence-electron chi connectivity index (χ1n) is 9.40. The highest BCUT2D eigenvalue weighted by Gasteiger charge is 2.33. The molecule has 5 nitrogen and oxygen atoms in total. The standard InChI is InChI=1S/C18H30BrN3O2S/c1-18(2,3)24-17(23)22-10-6-14(7-11-22)13-4-8-21(9-5-13)16-20-12-15(19)25-16/h13-15H,4-12H2,1-3H3. The largest absolute Gasteiger partial charge is 0.444 e. The van der Waals surface area contributed by atoms with Crippen molar-refractivity contribution in [3.8, 4) is 0 Å². The molecule has 1 atom stereocenters. The van der Waals surface area contributed by atoms with Gasteiger partial charge in [0.2, 0.25) is 0 Å². The fourth-order valence-corrected chi connectivity index (χ4v) is 5.46. The summed E-state index contributed by atoms with van der Waals surface area (Å²) in [4.78, 5) is 21.2.